The van der Waals surface area contributed by atoms with Gasteiger partial charge in [0.05, 0.1) is 11.5 Å². The van der Waals surface area contributed by atoms with Crippen molar-refractivity contribution >= 4 is 11.6 Å². The molecular formula is C16H15N7O4. The lowest BCUT2D eigenvalue weighted by Gasteiger charge is -2.09. The summed E-state index contributed by atoms with van der Waals surface area (Å²) in [5.74, 6) is -0.0513. The molecule has 1 N–H and O–H groups in total. The van der Waals surface area contributed by atoms with E-state index in [1.54, 1.807) is 0 Å². The monoisotopic (exact) mass is 369 g/mol. The van der Waals surface area contributed by atoms with Gasteiger partial charge in [0.15, 0.2) is 5.82 Å². The Balaban J connectivity index is 1.69. The highest BCUT2D eigenvalue weighted by atomic mass is 16.6. The molecule has 11 nitrogen and oxygen atoms in total. The zero-order valence-corrected chi connectivity index (χ0v) is 14.3. The number of carbonyl (C=O) groups excluding carboxylic acids is 1. The van der Waals surface area contributed by atoms with Gasteiger partial charge in [-0.3, -0.25) is 19.7 Å². The summed E-state index contributed by atoms with van der Waals surface area (Å²) in [6, 6.07) is 7.15. The fourth-order valence-corrected chi connectivity index (χ4v) is 2.48. The molecule has 11 heteroatoms. The molecule has 0 bridgehead atoms. The molecule has 0 aliphatic heterocycles. The molecule has 0 saturated carbocycles. The summed E-state index contributed by atoms with van der Waals surface area (Å²) < 4.78 is 2.60. The standard InChI is InChI=1S/C16H15N7O4/c1-11-12(3-2-4-13(11)23(26)27)16(25)18-7-8-21-15(24)6-5-14(20-21)22-10-17-9-19-22/h2-6,9-10H,7-8H2,1H3,(H,18,25). The number of aromatic nitrogens is 5. The number of amides is 1. The van der Waals surface area contributed by atoms with E-state index in [1.165, 1.54) is 59.3 Å². The molecule has 2 heterocycles. The van der Waals surface area contributed by atoms with Crippen molar-refractivity contribution in [2.24, 2.45) is 0 Å². The lowest BCUT2D eigenvalue weighted by molar-refractivity contribution is -0.385. The molecule has 3 aromatic rings. The van der Waals surface area contributed by atoms with Gasteiger partial charge in [-0.2, -0.15) is 5.10 Å². The molecule has 3 rings (SSSR count). The molecule has 0 fully saturated rings. The van der Waals surface area contributed by atoms with Gasteiger partial charge < -0.3 is 5.32 Å². The number of nitro benzene ring substituents is 1. The summed E-state index contributed by atoms with van der Waals surface area (Å²) in [6.07, 6.45) is 2.79. The maximum absolute atomic E-state index is 12.3. The zero-order chi connectivity index (χ0) is 19.4. The van der Waals surface area contributed by atoms with Crippen LogP contribution in [0.5, 0.6) is 0 Å². The van der Waals surface area contributed by atoms with Crippen molar-refractivity contribution in [2.45, 2.75) is 13.5 Å². The van der Waals surface area contributed by atoms with Gasteiger partial charge in [-0.1, -0.05) is 6.07 Å². The van der Waals surface area contributed by atoms with Crippen LogP contribution in [-0.4, -0.2) is 41.9 Å². The van der Waals surface area contributed by atoms with E-state index in [-0.39, 0.29) is 35.5 Å². The van der Waals surface area contributed by atoms with Crippen molar-refractivity contribution in [1.82, 2.24) is 29.9 Å². The Morgan fingerprint density at radius 2 is 2.11 bits per heavy atom. The molecule has 138 valence electrons. The normalized spacial score (nSPS) is 10.6. The first-order chi connectivity index (χ1) is 13.0. The average molecular weight is 369 g/mol. The van der Waals surface area contributed by atoms with Crippen LogP contribution in [0, 0.1) is 17.0 Å². The van der Waals surface area contributed by atoms with Crippen molar-refractivity contribution < 1.29 is 9.72 Å². The van der Waals surface area contributed by atoms with Crippen LogP contribution in [-0.2, 0) is 6.54 Å². The van der Waals surface area contributed by atoms with Gasteiger partial charge in [-0.15, -0.1) is 5.10 Å². The second-order valence-electron chi connectivity index (χ2n) is 5.56. The maximum atomic E-state index is 12.3. The van der Waals surface area contributed by atoms with Gasteiger partial charge in [0.25, 0.3) is 17.2 Å². The molecule has 0 aliphatic rings. The number of nitro groups is 1. The lowest BCUT2D eigenvalue weighted by atomic mass is 10.1. The number of nitrogens with one attached hydrogen (secondary N) is 1. The highest BCUT2D eigenvalue weighted by Gasteiger charge is 2.17. The van der Waals surface area contributed by atoms with Gasteiger partial charge in [0.2, 0.25) is 0 Å². The van der Waals surface area contributed by atoms with E-state index in [4.69, 9.17) is 0 Å². The first kappa shape index (κ1) is 17.9. The van der Waals surface area contributed by atoms with Crippen molar-refractivity contribution in [3.8, 4) is 5.82 Å². The molecule has 27 heavy (non-hydrogen) atoms. The van der Waals surface area contributed by atoms with E-state index < -0.39 is 10.8 Å². The molecule has 1 amide bonds. The molecule has 0 spiro atoms. The van der Waals surface area contributed by atoms with Crippen molar-refractivity contribution in [3.63, 3.8) is 0 Å². The Kier molecular flexibility index (Phi) is 5.01. The number of hydrogen-bond acceptors (Lipinski definition) is 7. The van der Waals surface area contributed by atoms with Crippen molar-refractivity contribution in [3.05, 3.63) is 74.6 Å². The Morgan fingerprint density at radius 1 is 1.30 bits per heavy atom. The fraction of sp³-hybridized carbons (Fsp3) is 0.188. The predicted molar refractivity (Wildman–Crippen MR) is 93.6 cm³/mol. The fourth-order valence-electron chi connectivity index (χ4n) is 2.48. The molecular weight excluding hydrogens is 354 g/mol. The quantitative estimate of drug-likeness (QED) is 0.492. The Labute approximate surface area is 152 Å². The molecule has 0 radical (unpaired) electrons. The molecule has 0 aliphatic carbocycles. The maximum Gasteiger partial charge on any atom is 0.273 e. The lowest BCUT2D eigenvalue weighted by Crippen LogP contribution is -2.32. The van der Waals surface area contributed by atoms with Crippen LogP contribution in [0.4, 0.5) is 5.69 Å². The van der Waals surface area contributed by atoms with Crippen LogP contribution in [0.15, 0.2) is 47.8 Å². The Bertz CT molecular complexity index is 1040. The number of benzene rings is 1. The number of nitrogens with zero attached hydrogens (tertiary/aromatic N) is 6. The second kappa shape index (κ2) is 7.56. The van der Waals surface area contributed by atoms with Crippen LogP contribution in [0.2, 0.25) is 0 Å². The minimum absolute atomic E-state index is 0.120. The summed E-state index contributed by atoms with van der Waals surface area (Å²) in [7, 11) is 0. The van der Waals surface area contributed by atoms with Gasteiger partial charge >= 0.3 is 0 Å². The molecule has 1 aromatic carbocycles. The van der Waals surface area contributed by atoms with Gasteiger partial charge in [0.1, 0.15) is 12.7 Å². The van der Waals surface area contributed by atoms with Gasteiger partial charge in [-0.25, -0.2) is 14.3 Å². The van der Waals surface area contributed by atoms with E-state index in [0.717, 1.165) is 0 Å². The SMILES string of the molecule is Cc1c(C(=O)NCCn2nc(-n3cncn3)ccc2=O)cccc1[N+](=O)[O-]. The Morgan fingerprint density at radius 3 is 2.81 bits per heavy atom. The van der Waals surface area contributed by atoms with E-state index in [1.807, 2.05) is 0 Å². The summed E-state index contributed by atoms with van der Waals surface area (Å²) >= 11 is 0. The third kappa shape index (κ3) is 3.86. The van der Waals surface area contributed by atoms with E-state index in [9.17, 15) is 19.7 Å². The number of rotatable bonds is 6. The highest BCUT2D eigenvalue weighted by Crippen LogP contribution is 2.20. The molecule has 0 saturated heterocycles. The third-order valence-electron chi connectivity index (χ3n) is 3.86. The van der Waals surface area contributed by atoms with E-state index in [0.29, 0.717) is 5.82 Å². The minimum atomic E-state index is -0.536. The third-order valence-corrected chi connectivity index (χ3v) is 3.86. The number of hydrogen-bond donors (Lipinski definition) is 1. The minimum Gasteiger partial charge on any atom is -0.350 e. The van der Waals surface area contributed by atoms with Crippen molar-refractivity contribution in [2.75, 3.05) is 6.54 Å². The first-order valence-electron chi connectivity index (χ1n) is 7.93. The summed E-state index contributed by atoms with van der Waals surface area (Å²) in [6.45, 7) is 1.76. The summed E-state index contributed by atoms with van der Waals surface area (Å²) in [5, 5.41) is 21.7. The van der Waals surface area contributed by atoms with Crippen molar-refractivity contribution in [1.29, 1.82) is 0 Å². The van der Waals surface area contributed by atoms with Crippen LogP contribution < -0.4 is 10.9 Å². The largest absolute Gasteiger partial charge is 0.350 e. The van der Waals surface area contributed by atoms with Crippen LogP contribution in [0.3, 0.4) is 0 Å². The molecule has 0 atom stereocenters. The zero-order valence-electron chi connectivity index (χ0n) is 14.3. The van der Waals surface area contributed by atoms with Crippen LogP contribution >= 0.6 is 0 Å². The first-order valence-corrected chi connectivity index (χ1v) is 7.93. The van der Waals surface area contributed by atoms with Gasteiger partial charge in [0, 0.05) is 29.8 Å². The predicted octanol–water partition coefficient (Wildman–Crippen LogP) is 0.471. The highest BCUT2D eigenvalue weighted by molar-refractivity contribution is 5.96. The average Bonchev–Trinajstić information content (AvgIpc) is 3.17. The molecule has 2 aromatic heterocycles. The topological polar surface area (TPSA) is 138 Å². The summed E-state index contributed by atoms with van der Waals surface area (Å²) in [5.41, 5.74) is 0.0325. The Hall–Kier alpha value is -3.89. The molecule has 0 unspecified atom stereocenters. The van der Waals surface area contributed by atoms with E-state index >= 15 is 0 Å². The smallest absolute Gasteiger partial charge is 0.273 e. The summed E-state index contributed by atoms with van der Waals surface area (Å²) in [4.78, 5) is 38.5. The van der Waals surface area contributed by atoms with E-state index in [2.05, 4.69) is 20.5 Å². The van der Waals surface area contributed by atoms with Crippen LogP contribution in [0.1, 0.15) is 15.9 Å². The second-order valence-corrected chi connectivity index (χ2v) is 5.56. The number of carbonyl (C=O) groups is 1. The van der Waals surface area contributed by atoms with Crippen LogP contribution in [0.25, 0.3) is 5.82 Å². The van der Waals surface area contributed by atoms with Gasteiger partial charge in [-0.05, 0) is 19.1 Å².